The Kier molecular flexibility index (Phi) is 12.2. The van der Waals surface area contributed by atoms with Crippen LogP contribution in [0.4, 0.5) is 0 Å². The molecule has 0 bridgehead atoms. The van der Waals surface area contributed by atoms with E-state index in [4.69, 9.17) is 4.42 Å². The molecule has 2 aliphatic rings. The second-order valence-corrected chi connectivity index (χ2v) is 18.4. The number of carbonyl (C=O) groups excluding carboxylic acids is 2. The Morgan fingerprint density at radius 1 is 0.679 bits per heavy atom. The molecule has 0 atom stereocenters. The largest absolute Gasteiger partial charge is 0.451 e. The van der Waals surface area contributed by atoms with E-state index in [0.29, 0.717) is 48.8 Å². The van der Waals surface area contributed by atoms with E-state index in [-0.39, 0.29) is 29.0 Å². The standard InChI is InChI=1S/C20H21N3O4S.C20H21N3O3S2/c24-20(19-12-16-14-21-9-8-18(16)27-19)22-13-15-4-6-17(7-5-15)28(25,26)23-10-2-1-3-11-23;24-20(16-6-9-18-19(12-16)27-14-22-18)21-13-15-4-7-17(8-5-15)28(25,26)23-10-2-1-3-11-23/h4-9,12,14H,1-3,10-11,13H2,(H,22,24);4-9,12,14H,1-3,10-11,13H2,(H,21,24). The number of carbonyl (C=O) groups is 2. The van der Waals surface area contributed by atoms with E-state index in [1.807, 2.05) is 12.1 Å². The van der Waals surface area contributed by atoms with Crippen molar-refractivity contribution in [1.82, 2.24) is 29.2 Å². The second kappa shape index (κ2) is 17.4. The first-order valence-electron chi connectivity index (χ1n) is 18.5. The van der Waals surface area contributed by atoms with Crippen molar-refractivity contribution in [3.8, 4) is 0 Å². The van der Waals surface area contributed by atoms with Crippen molar-refractivity contribution in [1.29, 1.82) is 0 Å². The molecule has 2 N–H and O–H groups in total. The van der Waals surface area contributed by atoms with Crippen LogP contribution >= 0.6 is 11.3 Å². The number of sulfonamides is 2. The number of hydrogen-bond acceptors (Lipinski definition) is 10. The van der Waals surface area contributed by atoms with Gasteiger partial charge in [-0.25, -0.2) is 21.8 Å². The molecule has 0 spiro atoms. The van der Waals surface area contributed by atoms with Gasteiger partial charge < -0.3 is 15.1 Å². The summed E-state index contributed by atoms with van der Waals surface area (Å²) in [4.78, 5) is 33.5. The molecule has 8 rings (SSSR count). The molecule has 6 aromatic rings. The topological polar surface area (TPSA) is 172 Å². The van der Waals surface area contributed by atoms with Gasteiger partial charge in [0, 0.05) is 62.6 Å². The zero-order valence-electron chi connectivity index (χ0n) is 30.6. The fraction of sp³-hybridized carbons (Fsp3) is 0.300. The molecule has 0 saturated carbocycles. The lowest BCUT2D eigenvalue weighted by Crippen LogP contribution is -2.35. The lowest BCUT2D eigenvalue weighted by molar-refractivity contribution is 0.0923. The van der Waals surface area contributed by atoms with Crippen LogP contribution in [0.2, 0.25) is 0 Å². The van der Waals surface area contributed by atoms with Gasteiger partial charge in [-0.15, -0.1) is 11.3 Å². The molecule has 292 valence electrons. The number of piperidine rings is 2. The predicted molar refractivity (Wildman–Crippen MR) is 214 cm³/mol. The summed E-state index contributed by atoms with van der Waals surface area (Å²) in [6.07, 6.45) is 9.03. The van der Waals surface area contributed by atoms with Crippen LogP contribution in [0.25, 0.3) is 21.2 Å². The Balaban J connectivity index is 0.000000172. The number of furan rings is 1. The van der Waals surface area contributed by atoms with Gasteiger partial charge in [-0.3, -0.25) is 14.6 Å². The first kappa shape index (κ1) is 39.2. The summed E-state index contributed by atoms with van der Waals surface area (Å²) in [6.45, 7) is 2.94. The van der Waals surface area contributed by atoms with Gasteiger partial charge in [0.15, 0.2) is 5.76 Å². The van der Waals surface area contributed by atoms with Gasteiger partial charge in [0.2, 0.25) is 20.0 Å². The minimum atomic E-state index is -3.44. The molecule has 0 radical (unpaired) electrons. The average molecular weight is 815 g/mol. The molecule has 2 fully saturated rings. The fourth-order valence-electron chi connectivity index (χ4n) is 6.61. The number of aromatic nitrogens is 2. The maximum absolute atomic E-state index is 12.7. The zero-order chi connectivity index (χ0) is 39.1. The third-order valence-electron chi connectivity index (χ3n) is 9.79. The molecule has 5 heterocycles. The van der Waals surface area contributed by atoms with Crippen LogP contribution in [-0.4, -0.2) is 73.4 Å². The van der Waals surface area contributed by atoms with Crippen LogP contribution in [0.3, 0.4) is 0 Å². The van der Waals surface area contributed by atoms with Crippen LogP contribution in [-0.2, 0) is 33.1 Å². The molecular weight excluding hydrogens is 773 g/mol. The van der Waals surface area contributed by atoms with Gasteiger partial charge in [-0.2, -0.15) is 8.61 Å². The molecular formula is C40H42N6O7S3. The molecule has 0 aliphatic carbocycles. The van der Waals surface area contributed by atoms with E-state index in [0.717, 1.165) is 65.3 Å². The maximum atomic E-state index is 12.7. The lowest BCUT2D eigenvalue weighted by Gasteiger charge is -2.25. The molecule has 16 heteroatoms. The van der Waals surface area contributed by atoms with Crippen molar-refractivity contribution in [2.45, 2.75) is 61.4 Å². The van der Waals surface area contributed by atoms with Crippen molar-refractivity contribution in [3.05, 3.63) is 119 Å². The molecule has 56 heavy (non-hydrogen) atoms. The number of rotatable bonds is 10. The van der Waals surface area contributed by atoms with Crippen LogP contribution in [0.1, 0.15) is 70.6 Å². The molecule has 3 aromatic heterocycles. The highest BCUT2D eigenvalue weighted by molar-refractivity contribution is 7.89. The molecule has 0 unspecified atom stereocenters. The third kappa shape index (κ3) is 9.16. The first-order valence-corrected chi connectivity index (χ1v) is 22.3. The Labute approximate surface area is 329 Å². The lowest BCUT2D eigenvalue weighted by atomic mass is 10.2. The average Bonchev–Trinajstić information content (AvgIpc) is 3.91. The number of pyridine rings is 1. The van der Waals surface area contributed by atoms with E-state index in [1.165, 1.54) is 11.3 Å². The molecule has 2 aliphatic heterocycles. The molecule has 3 aromatic carbocycles. The number of nitrogens with one attached hydrogen (secondary N) is 2. The quantitative estimate of drug-likeness (QED) is 0.160. The summed E-state index contributed by atoms with van der Waals surface area (Å²) in [5.41, 5.74) is 5.49. The van der Waals surface area contributed by atoms with Crippen molar-refractivity contribution in [3.63, 3.8) is 0 Å². The van der Waals surface area contributed by atoms with Gasteiger partial charge in [-0.1, -0.05) is 37.1 Å². The van der Waals surface area contributed by atoms with Crippen molar-refractivity contribution < 1.29 is 30.8 Å². The zero-order valence-corrected chi connectivity index (χ0v) is 33.0. The van der Waals surface area contributed by atoms with E-state index < -0.39 is 20.0 Å². The Bertz CT molecular complexity index is 2390. The van der Waals surface area contributed by atoms with Crippen LogP contribution in [0, 0.1) is 0 Å². The van der Waals surface area contributed by atoms with Gasteiger partial charge >= 0.3 is 0 Å². The van der Waals surface area contributed by atoms with E-state index in [1.54, 1.807) is 93.2 Å². The molecule has 2 amide bonds. The first-order chi connectivity index (χ1) is 27.1. The second-order valence-electron chi connectivity index (χ2n) is 13.6. The Hall–Kier alpha value is -5.00. The molecule has 13 nitrogen and oxygen atoms in total. The van der Waals surface area contributed by atoms with E-state index >= 15 is 0 Å². The summed E-state index contributed by atoms with van der Waals surface area (Å²) in [6, 6.07) is 22.1. The normalized spacial score (nSPS) is 15.6. The Morgan fingerprint density at radius 2 is 1.23 bits per heavy atom. The summed E-state index contributed by atoms with van der Waals surface area (Å²) >= 11 is 1.50. The summed E-state index contributed by atoms with van der Waals surface area (Å²) < 4.78 is 60.3. The highest BCUT2D eigenvalue weighted by atomic mass is 32.2. The smallest absolute Gasteiger partial charge is 0.287 e. The van der Waals surface area contributed by atoms with Crippen molar-refractivity contribution >= 4 is 64.4 Å². The number of nitrogens with zero attached hydrogens (tertiary/aromatic N) is 4. The summed E-state index contributed by atoms with van der Waals surface area (Å²) in [7, 11) is -6.87. The van der Waals surface area contributed by atoms with Gasteiger partial charge in [-0.05, 0) is 91.4 Å². The number of hydrogen-bond donors (Lipinski definition) is 2. The van der Waals surface area contributed by atoms with Crippen LogP contribution in [0.15, 0.2) is 111 Å². The van der Waals surface area contributed by atoms with E-state index in [9.17, 15) is 26.4 Å². The maximum Gasteiger partial charge on any atom is 0.287 e. The Morgan fingerprint density at radius 3 is 1.79 bits per heavy atom. The van der Waals surface area contributed by atoms with E-state index in [2.05, 4.69) is 20.6 Å². The van der Waals surface area contributed by atoms with Gasteiger partial charge in [0.1, 0.15) is 5.58 Å². The van der Waals surface area contributed by atoms with Gasteiger partial charge in [0.25, 0.3) is 11.8 Å². The molecule has 2 saturated heterocycles. The number of amides is 2. The van der Waals surface area contributed by atoms with Gasteiger partial charge in [0.05, 0.1) is 25.5 Å². The monoisotopic (exact) mass is 814 g/mol. The van der Waals surface area contributed by atoms with Crippen molar-refractivity contribution in [2.75, 3.05) is 26.2 Å². The van der Waals surface area contributed by atoms with Crippen LogP contribution < -0.4 is 10.6 Å². The summed E-state index contributed by atoms with van der Waals surface area (Å²) in [5, 5.41) is 6.43. The fourth-order valence-corrected chi connectivity index (χ4v) is 10.4. The minimum absolute atomic E-state index is 0.166. The number of benzene rings is 3. The third-order valence-corrected chi connectivity index (χ3v) is 14.4. The summed E-state index contributed by atoms with van der Waals surface area (Å²) in [5.74, 6) is -0.283. The highest BCUT2D eigenvalue weighted by Gasteiger charge is 2.27. The number of fused-ring (bicyclic) bond motifs is 2. The van der Waals surface area contributed by atoms with Crippen molar-refractivity contribution in [2.24, 2.45) is 0 Å². The SMILES string of the molecule is O=C(NCc1ccc(S(=O)(=O)N2CCCCC2)cc1)c1cc2cnccc2o1.O=C(NCc1ccc(S(=O)(=O)N2CCCCC2)cc1)c1ccc2ncsc2c1. The van der Waals surface area contributed by atoms with Crippen LogP contribution in [0.5, 0.6) is 0 Å². The highest BCUT2D eigenvalue weighted by Crippen LogP contribution is 2.24. The number of thiazole rings is 1. The minimum Gasteiger partial charge on any atom is -0.451 e. The predicted octanol–water partition coefficient (Wildman–Crippen LogP) is 6.33.